The van der Waals surface area contributed by atoms with E-state index in [1.54, 1.807) is 5.57 Å². The maximum absolute atomic E-state index is 4.15. The number of anilines is 1. The molecule has 54 heavy (non-hydrogen) atoms. The van der Waals surface area contributed by atoms with Gasteiger partial charge in [0.25, 0.3) is 0 Å². The zero-order chi connectivity index (χ0) is 40.8. The van der Waals surface area contributed by atoms with Crippen LogP contribution in [0.2, 0.25) is 0 Å². The molecule has 3 rings (SSSR count). The Morgan fingerprint density at radius 1 is 1.02 bits per heavy atom. The van der Waals surface area contributed by atoms with Crippen LogP contribution in [0.15, 0.2) is 129 Å². The molecule has 0 heterocycles. The van der Waals surface area contributed by atoms with E-state index in [0.717, 1.165) is 25.7 Å². The number of allylic oxidation sites excluding steroid dienone is 15. The van der Waals surface area contributed by atoms with E-state index in [-0.39, 0.29) is 16.2 Å². The molecule has 2 aliphatic carbocycles. The molecule has 1 aromatic carbocycles. The van der Waals surface area contributed by atoms with E-state index in [1.807, 2.05) is 0 Å². The molecule has 0 aromatic heterocycles. The van der Waals surface area contributed by atoms with Crippen molar-refractivity contribution in [2.75, 3.05) is 5.32 Å². The van der Waals surface area contributed by atoms with Crippen molar-refractivity contribution in [3.8, 4) is 0 Å². The average Bonchev–Trinajstić information content (AvgIpc) is 3.20. The molecule has 1 nitrogen and oxygen atoms in total. The number of benzene rings is 1. The van der Waals surface area contributed by atoms with Crippen LogP contribution in [0, 0.1) is 41.4 Å². The molecule has 4 unspecified atom stereocenters. The SMILES string of the molecule is BC1=C(C)C(C)=C=CC(CC2=C(C(C)(C)C)C=CCC2C(C)(C)C)=C1Nc1cccc(C(C)(CC)/C(=C/C=C(\C(C)C)C(/C=C\C)C(C)C=C)CC)c1C. The van der Waals surface area contributed by atoms with Crippen molar-refractivity contribution in [1.29, 1.82) is 0 Å². The van der Waals surface area contributed by atoms with Gasteiger partial charge in [0.15, 0.2) is 0 Å². The summed E-state index contributed by atoms with van der Waals surface area (Å²) in [4.78, 5) is 0. The minimum atomic E-state index is -0.116. The van der Waals surface area contributed by atoms with E-state index in [4.69, 9.17) is 0 Å². The van der Waals surface area contributed by atoms with Crippen LogP contribution in [-0.2, 0) is 5.41 Å². The van der Waals surface area contributed by atoms with Crippen LogP contribution >= 0.6 is 0 Å². The lowest BCUT2D eigenvalue weighted by Gasteiger charge is -2.39. The molecule has 0 amide bonds. The van der Waals surface area contributed by atoms with Gasteiger partial charge in [0.1, 0.15) is 7.85 Å². The fraction of sp³-hybridized carbons (Fsp3) is 0.519. The second-order valence-electron chi connectivity index (χ2n) is 18.8. The summed E-state index contributed by atoms with van der Waals surface area (Å²) in [7, 11) is 2.29. The predicted octanol–water partition coefficient (Wildman–Crippen LogP) is 14.6. The fourth-order valence-electron chi connectivity index (χ4n) is 8.80. The standard InChI is InChI=1S/C52H76BN/c1-18-24-42(35(7)19-2)41(34(5)6)32-31-40(20-3)52(17,21-4)44-25-23-28-47(38(44)10)54-49-39(30-29-36(8)37(9)48(49)53)33-43-45(50(11,12)13)26-22-27-46(43)51(14,15)16/h18-19,22-26,28,30-32,34-35,42,46,54H,2,20-21,27,33,53H2,1,3-17H3/b24-18-,40-31+,41-32+. The van der Waals surface area contributed by atoms with E-state index in [0.29, 0.717) is 23.7 Å². The van der Waals surface area contributed by atoms with E-state index in [2.05, 4.69) is 203 Å². The summed E-state index contributed by atoms with van der Waals surface area (Å²) in [5.74, 6) is 1.64. The third-order valence-electron chi connectivity index (χ3n) is 12.8. The number of nitrogens with one attached hydrogen (secondary N) is 1. The van der Waals surface area contributed by atoms with Crippen molar-refractivity contribution in [1.82, 2.24) is 0 Å². The third-order valence-corrected chi connectivity index (χ3v) is 12.8. The van der Waals surface area contributed by atoms with Crippen molar-refractivity contribution in [3.63, 3.8) is 0 Å². The largest absolute Gasteiger partial charge is 0.356 e. The summed E-state index contributed by atoms with van der Waals surface area (Å²) in [6, 6.07) is 6.91. The number of rotatable bonds is 14. The van der Waals surface area contributed by atoms with Gasteiger partial charge in [-0.1, -0.05) is 160 Å². The predicted molar refractivity (Wildman–Crippen MR) is 245 cm³/mol. The summed E-state index contributed by atoms with van der Waals surface area (Å²) in [5.41, 5.74) is 20.0. The van der Waals surface area contributed by atoms with Gasteiger partial charge in [-0.2, -0.15) is 0 Å². The normalized spacial score (nSPS) is 20.1. The van der Waals surface area contributed by atoms with Gasteiger partial charge in [0.05, 0.1) is 0 Å². The lowest BCUT2D eigenvalue weighted by molar-refractivity contribution is 0.269. The molecule has 1 aromatic rings. The average molecular weight is 726 g/mol. The highest BCUT2D eigenvalue weighted by Gasteiger charge is 2.35. The van der Waals surface area contributed by atoms with Crippen LogP contribution in [0.3, 0.4) is 0 Å². The quantitative estimate of drug-likeness (QED) is 0.0871. The van der Waals surface area contributed by atoms with E-state index in [1.165, 1.54) is 61.4 Å². The number of hydrogen-bond donors (Lipinski definition) is 1. The Bertz CT molecular complexity index is 1820. The Morgan fingerprint density at radius 3 is 2.22 bits per heavy atom. The van der Waals surface area contributed by atoms with E-state index >= 15 is 0 Å². The van der Waals surface area contributed by atoms with E-state index in [9.17, 15) is 0 Å². The van der Waals surface area contributed by atoms with Crippen LogP contribution in [0.1, 0.15) is 141 Å². The Balaban J connectivity index is 2.26. The maximum Gasteiger partial charge on any atom is 0.142 e. The molecule has 2 heteroatoms. The Morgan fingerprint density at radius 2 is 1.69 bits per heavy atom. The highest BCUT2D eigenvalue weighted by Crippen LogP contribution is 2.47. The summed E-state index contributed by atoms with van der Waals surface area (Å²) in [6.45, 7) is 41.5. The van der Waals surface area contributed by atoms with Gasteiger partial charge < -0.3 is 5.32 Å². The monoisotopic (exact) mass is 726 g/mol. The van der Waals surface area contributed by atoms with Gasteiger partial charge in [0.2, 0.25) is 0 Å². The molecule has 2 aliphatic rings. The van der Waals surface area contributed by atoms with Crippen LogP contribution in [0.5, 0.6) is 0 Å². The zero-order valence-corrected chi connectivity index (χ0v) is 37.7. The minimum Gasteiger partial charge on any atom is -0.356 e. The topological polar surface area (TPSA) is 12.0 Å². The molecule has 0 saturated heterocycles. The lowest BCUT2D eigenvalue weighted by atomic mass is 9.66. The Hall–Kier alpha value is -3.48. The van der Waals surface area contributed by atoms with Crippen molar-refractivity contribution in [2.45, 2.75) is 142 Å². The molecule has 4 atom stereocenters. The van der Waals surface area contributed by atoms with Gasteiger partial charge in [-0.25, -0.2) is 0 Å². The van der Waals surface area contributed by atoms with Crippen molar-refractivity contribution < 1.29 is 0 Å². The van der Waals surface area contributed by atoms with E-state index < -0.39 is 0 Å². The molecule has 0 aliphatic heterocycles. The lowest BCUT2D eigenvalue weighted by Crippen LogP contribution is -2.28. The van der Waals surface area contributed by atoms with Crippen molar-refractivity contribution in [3.05, 3.63) is 140 Å². The van der Waals surface area contributed by atoms with Crippen LogP contribution < -0.4 is 5.32 Å². The number of hydrogen-bond acceptors (Lipinski definition) is 1. The molecule has 0 bridgehead atoms. The molecular formula is C52H76BN. The van der Waals surface area contributed by atoms with Crippen LogP contribution in [-0.4, -0.2) is 7.85 Å². The molecular weight excluding hydrogens is 649 g/mol. The first-order chi connectivity index (χ1) is 25.2. The molecule has 0 saturated carbocycles. The van der Waals surface area contributed by atoms with Crippen molar-refractivity contribution in [2.24, 2.45) is 34.5 Å². The van der Waals surface area contributed by atoms with Crippen LogP contribution in [0.25, 0.3) is 0 Å². The summed E-state index contributed by atoms with van der Waals surface area (Å²) in [5, 5.41) is 4.09. The summed E-state index contributed by atoms with van der Waals surface area (Å²) < 4.78 is 0. The van der Waals surface area contributed by atoms with Gasteiger partial charge in [-0.3, -0.25) is 0 Å². The first kappa shape index (κ1) is 44.9. The molecule has 0 radical (unpaired) electrons. The second kappa shape index (κ2) is 18.4. The van der Waals surface area contributed by atoms with Gasteiger partial charge in [-0.15, -0.1) is 12.3 Å². The molecule has 1 N–H and O–H groups in total. The fourth-order valence-corrected chi connectivity index (χ4v) is 8.80. The molecule has 292 valence electrons. The first-order valence-electron chi connectivity index (χ1n) is 21.0. The van der Waals surface area contributed by atoms with Gasteiger partial charge in [-0.05, 0) is 128 Å². The summed E-state index contributed by atoms with van der Waals surface area (Å²) in [6.07, 6.45) is 22.7. The van der Waals surface area contributed by atoms with Crippen LogP contribution in [0.4, 0.5) is 5.69 Å². The highest BCUT2D eigenvalue weighted by molar-refractivity contribution is 6.25. The second-order valence-corrected chi connectivity index (χ2v) is 18.8. The highest BCUT2D eigenvalue weighted by atomic mass is 14.9. The Kier molecular flexibility index (Phi) is 15.3. The van der Waals surface area contributed by atoms with Crippen molar-refractivity contribution >= 4 is 13.5 Å². The first-order valence-corrected chi connectivity index (χ1v) is 21.0. The molecule has 0 spiro atoms. The Labute approximate surface area is 334 Å². The summed E-state index contributed by atoms with van der Waals surface area (Å²) >= 11 is 0. The molecule has 0 fully saturated rings. The third kappa shape index (κ3) is 10.0. The van der Waals surface area contributed by atoms with Gasteiger partial charge >= 0.3 is 0 Å². The minimum absolute atomic E-state index is 0.0631. The maximum atomic E-state index is 4.15. The van der Waals surface area contributed by atoms with Gasteiger partial charge in [0, 0.05) is 22.7 Å². The smallest absolute Gasteiger partial charge is 0.142 e. The zero-order valence-electron chi connectivity index (χ0n) is 37.7.